The molecule has 0 spiro atoms. The predicted molar refractivity (Wildman–Crippen MR) is 182 cm³/mol. The monoisotopic (exact) mass is 630 g/mol. The van der Waals surface area contributed by atoms with Gasteiger partial charge in [0.1, 0.15) is 11.5 Å². The van der Waals surface area contributed by atoms with E-state index >= 15 is 0 Å². The molecule has 1 atom stereocenters. The summed E-state index contributed by atoms with van der Waals surface area (Å²) >= 11 is 3.64. The molecule has 0 radical (unpaired) electrons. The number of aliphatic carboxylic acids is 1. The standard InChI is InChI=1S/C36H54O5S2/c1-14-36(13,43-25-18-26(22(2)3)31(40)27(19-25)34(7,8)9)42-24-17-23(21-33(4,5)6)32(28(20-24)35(10,11)12)41-30(39)16-15-29(37)38/h17-20,22,40H,14-16,21H2,1-13H3,(H,37,38). The number of benzene rings is 2. The van der Waals surface area contributed by atoms with Gasteiger partial charge in [0.15, 0.2) is 0 Å². The summed E-state index contributed by atoms with van der Waals surface area (Å²) in [6.45, 7) is 27.9. The van der Waals surface area contributed by atoms with Crippen molar-refractivity contribution in [1.82, 2.24) is 0 Å². The maximum absolute atomic E-state index is 12.8. The molecule has 0 aliphatic heterocycles. The first-order chi connectivity index (χ1) is 19.5. The summed E-state index contributed by atoms with van der Waals surface area (Å²) < 4.78 is 5.74. The van der Waals surface area contributed by atoms with Gasteiger partial charge in [-0.1, -0.05) is 83.1 Å². The molecule has 1 unspecified atom stereocenters. The van der Waals surface area contributed by atoms with Crippen LogP contribution >= 0.6 is 23.5 Å². The molecule has 2 rings (SSSR count). The Morgan fingerprint density at radius 3 is 1.77 bits per heavy atom. The smallest absolute Gasteiger partial charge is 0.311 e. The number of thioether (sulfide) groups is 2. The van der Waals surface area contributed by atoms with Crippen molar-refractivity contribution in [3.63, 3.8) is 0 Å². The van der Waals surface area contributed by atoms with Crippen LogP contribution in [0.2, 0.25) is 0 Å². The normalized spacial score (nSPS) is 14.1. The largest absolute Gasteiger partial charge is 0.507 e. The topological polar surface area (TPSA) is 83.8 Å². The molecule has 0 bridgehead atoms. The fraction of sp³-hybridized carbons (Fsp3) is 0.611. The molecule has 43 heavy (non-hydrogen) atoms. The Morgan fingerprint density at radius 1 is 0.814 bits per heavy atom. The second-order valence-corrected chi connectivity index (χ2v) is 18.7. The highest BCUT2D eigenvalue weighted by atomic mass is 32.2. The maximum Gasteiger partial charge on any atom is 0.311 e. The number of phenols is 1. The van der Waals surface area contributed by atoms with Gasteiger partial charge in [0, 0.05) is 20.9 Å². The number of hydrogen-bond acceptors (Lipinski definition) is 6. The van der Waals surface area contributed by atoms with Crippen LogP contribution in [-0.2, 0) is 26.8 Å². The van der Waals surface area contributed by atoms with E-state index in [-0.39, 0.29) is 39.1 Å². The molecule has 240 valence electrons. The fourth-order valence-corrected chi connectivity index (χ4v) is 7.61. The van der Waals surface area contributed by atoms with Crippen LogP contribution in [0.25, 0.3) is 0 Å². The molecular weight excluding hydrogens is 577 g/mol. The molecule has 0 saturated heterocycles. The van der Waals surface area contributed by atoms with E-state index in [4.69, 9.17) is 9.84 Å². The predicted octanol–water partition coefficient (Wildman–Crippen LogP) is 10.5. The van der Waals surface area contributed by atoms with E-state index in [2.05, 4.69) is 114 Å². The van der Waals surface area contributed by atoms with Crippen LogP contribution in [0.15, 0.2) is 34.1 Å². The van der Waals surface area contributed by atoms with Gasteiger partial charge in [-0.2, -0.15) is 0 Å². The Morgan fingerprint density at radius 2 is 1.33 bits per heavy atom. The molecule has 2 aromatic rings. The van der Waals surface area contributed by atoms with Crippen molar-refractivity contribution in [2.24, 2.45) is 5.41 Å². The SMILES string of the molecule is CCC(C)(Sc1cc(C(C)C)c(O)c(C(C)(C)C)c1)Sc1cc(CC(C)(C)C)c(OC(=O)CCC(=O)O)c(C(C)(C)C)c1. The van der Waals surface area contributed by atoms with E-state index in [0.29, 0.717) is 17.9 Å². The summed E-state index contributed by atoms with van der Waals surface area (Å²) in [6, 6.07) is 8.57. The molecule has 0 amide bonds. The van der Waals surface area contributed by atoms with Crippen molar-refractivity contribution >= 4 is 35.5 Å². The number of carbonyl (C=O) groups excluding carboxylic acids is 1. The number of hydrogen-bond donors (Lipinski definition) is 2. The summed E-state index contributed by atoms with van der Waals surface area (Å²) in [4.78, 5) is 26.1. The fourth-order valence-electron chi connectivity index (χ4n) is 4.84. The quantitative estimate of drug-likeness (QED) is 0.111. The summed E-state index contributed by atoms with van der Waals surface area (Å²) in [5.41, 5.74) is 3.25. The molecule has 7 heteroatoms. The Hall–Kier alpha value is -2.12. The lowest BCUT2D eigenvalue weighted by molar-refractivity contribution is -0.142. The molecule has 0 aromatic heterocycles. The van der Waals surface area contributed by atoms with E-state index in [0.717, 1.165) is 38.5 Å². The first-order valence-corrected chi connectivity index (χ1v) is 16.9. The van der Waals surface area contributed by atoms with Gasteiger partial charge in [0.25, 0.3) is 0 Å². The first-order valence-electron chi connectivity index (χ1n) is 15.3. The van der Waals surface area contributed by atoms with Crippen LogP contribution in [0.4, 0.5) is 0 Å². The van der Waals surface area contributed by atoms with Gasteiger partial charge in [0.2, 0.25) is 0 Å². The van der Waals surface area contributed by atoms with Gasteiger partial charge in [-0.15, -0.1) is 23.5 Å². The summed E-state index contributed by atoms with van der Waals surface area (Å²) in [5.74, 6) is -0.395. The highest BCUT2D eigenvalue weighted by molar-refractivity contribution is 8.18. The second kappa shape index (κ2) is 13.9. The number of aromatic hydroxyl groups is 1. The van der Waals surface area contributed by atoms with Crippen LogP contribution in [0.5, 0.6) is 11.5 Å². The summed E-state index contributed by atoms with van der Waals surface area (Å²) in [6.07, 6.45) is 1.17. The molecule has 0 fully saturated rings. The minimum absolute atomic E-state index is 0.0634. The van der Waals surface area contributed by atoms with Crippen LogP contribution in [0.3, 0.4) is 0 Å². The van der Waals surface area contributed by atoms with Crippen molar-refractivity contribution < 1.29 is 24.5 Å². The van der Waals surface area contributed by atoms with Gasteiger partial charge < -0.3 is 14.9 Å². The Bertz CT molecular complexity index is 1310. The third-order valence-electron chi connectivity index (χ3n) is 7.28. The highest BCUT2D eigenvalue weighted by Crippen LogP contribution is 2.51. The Kier molecular flexibility index (Phi) is 12.0. The number of phenolic OH excluding ortho intramolecular Hbond substituents is 1. The molecule has 5 nitrogen and oxygen atoms in total. The molecule has 2 aromatic carbocycles. The zero-order chi connectivity index (χ0) is 33.1. The molecule has 0 saturated carbocycles. The van der Waals surface area contributed by atoms with Gasteiger partial charge in [-0.05, 0) is 77.3 Å². The summed E-state index contributed by atoms with van der Waals surface area (Å²) in [5, 5.41) is 20.2. The Labute approximate surface area is 269 Å². The van der Waals surface area contributed by atoms with E-state index in [9.17, 15) is 14.7 Å². The third kappa shape index (κ3) is 10.8. The van der Waals surface area contributed by atoms with E-state index in [1.807, 2.05) is 23.5 Å². The number of esters is 1. The highest BCUT2D eigenvalue weighted by Gasteiger charge is 2.32. The van der Waals surface area contributed by atoms with Crippen molar-refractivity contribution in [1.29, 1.82) is 0 Å². The zero-order valence-corrected chi connectivity index (χ0v) is 30.3. The molecule has 0 aliphatic carbocycles. The number of rotatable bonds is 11. The minimum atomic E-state index is -1.02. The van der Waals surface area contributed by atoms with Crippen LogP contribution < -0.4 is 4.74 Å². The molecule has 0 heterocycles. The number of carboxylic acids is 1. The van der Waals surface area contributed by atoms with Gasteiger partial charge in [0.05, 0.1) is 16.9 Å². The molecule has 2 N–H and O–H groups in total. The average molecular weight is 631 g/mol. The second-order valence-electron chi connectivity index (χ2n) is 15.3. The van der Waals surface area contributed by atoms with E-state index < -0.39 is 11.9 Å². The van der Waals surface area contributed by atoms with E-state index in [1.54, 1.807) is 0 Å². The van der Waals surface area contributed by atoms with Crippen molar-refractivity contribution in [3.8, 4) is 11.5 Å². The van der Waals surface area contributed by atoms with Crippen LogP contribution in [-0.4, -0.2) is 26.2 Å². The van der Waals surface area contributed by atoms with Gasteiger partial charge in [-0.25, -0.2) is 0 Å². The number of carbonyl (C=O) groups is 2. The lowest BCUT2D eigenvalue weighted by Crippen LogP contribution is -2.21. The van der Waals surface area contributed by atoms with Crippen molar-refractivity contribution in [3.05, 3.63) is 46.5 Å². The van der Waals surface area contributed by atoms with E-state index in [1.165, 1.54) is 0 Å². The summed E-state index contributed by atoms with van der Waals surface area (Å²) in [7, 11) is 0. The average Bonchev–Trinajstić information content (AvgIpc) is 2.82. The molecular formula is C36H54O5S2. The zero-order valence-electron chi connectivity index (χ0n) is 28.7. The number of carboxylic acid groups (broad SMARTS) is 1. The Balaban J connectivity index is 2.64. The minimum Gasteiger partial charge on any atom is -0.507 e. The van der Waals surface area contributed by atoms with Crippen LogP contribution in [0, 0.1) is 5.41 Å². The van der Waals surface area contributed by atoms with Crippen molar-refractivity contribution in [2.75, 3.05) is 0 Å². The van der Waals surface area contributed by atoms with Gasteiger partial charge in [-0.3, -0.25) is 9.59 Å². The lowest BCUT2D eigenvalue weighted by Gasteiger charge is -2.32. The first kappa shape index (κ1) is 37.1. The molecule has 0 aliphatic rings. The maximum atomic E-state index is 12.8. The van der Waals surface area contributed by atoms with Crippen molar-refractivity contribution in [2.45, 2.75) is 146 Å². The number of ether oxygens (including phenoxy) is 1. The third-order valence-corrected chi connectivity index (χ3v) is 10.2. The lowest BCUT2D eigenvalue weighted by atomic mass is 9.81. The van der Waals surface area contributed by atoms with Crippen LogP contribution in [0.1, 0.15) is 137 Å². The van der Waals surface area contributed by atoms with Gasteiger partial charge >= 0.3 is 11.9 Å².